The molecule has 3 rings (SSSR count). The van der Waals surface area contributed by atoms with Gasteiger partial charge in [0, 0.05) is 10.3 Å². The summed E-state index contributed by atoms with van der Waals surface area (Å²) < 4.78 is 36.0. The van der Waals surface area contributed by atoms with Gasteiger partial charge in [0.15, 0.2) is 22.8 Å². The van der Waals surface area contributed by atoms with Crippen molar-refractivity contribution >= 4 is 37.6 Å². The molecule has 15 heteroatoms. The smallest absolute Gasteiger partial charge is 0.412 e. The number of carbonyl (C=O) groups is 1. The lowest BCUT2D eigenvalue weighted by atomic mass is 10.3. The summed E-state index contributed by atoms with van der Waals surface area (Å²) in [6.45, 7) is 5.08. The Morgan fingerprint density at radius 1 is 1.37 bits per heavy atom. The highest BCUT2D eigenvalue weighted by atomic mass is 32.2. The second-order valence-corrected chi connectivity index (χ2v) is 9.21. The standard InChI is InChI=1S/C20H23FN5O7PS/c1-11(2)31-19(27)12(3)24-25-34(29)33-14-6-4-13(5-7-14)30-9-17-32-16(10-35-17)26-8-15(21)18(22)23-20(26)28/h4-8,10-12,17,24H,9H2,1-3H3,(H2,22,23,28)/t12-,17-/m0/s1. The molecule has 1 aromatic heterocycles. The number of halogens is 1. The van der Waals surface area contributed by atoms with Crippen LogP contribution in [0, 0.1) is 5.82 Å². The minimum atomic E-state index is -2.48. The van der Waals surface area contributed by atoms with Gasteiger partial charge in [-0.2, -0.15) is 10.4 Å². The predicted molar refractivity (Wildman–Crippen MR) is 125 cm³/mol. The second kappa shape index (κ2) is 12.0. The van der Waals surface area contributed by atoms with E-state index in [4.69, 9.17) is 24.5 Å². The van der Waals surface area contributed by atoms with Crippen molar-refractivity contribution in [3.63, 3.8) is 0 Å². The first-order chi connectivity index (χ1) is 16.6. The van der Waals surface area contributed by atoms with Gasteiger partial charge in [-0.15, -0.1) is 0 Å². The van der Waals surface area contributed by atoms with E-state index in [-0.39, 0.29) is 24.3 Å². The molecule has 1 aromatic carbocycles. The third kappa shape index (κ3) is 7.65. The minimum absolute atomic E-state index is 0.108. The number of hydrogen-bond acceptors (Lipinski definition) is 11. The first kappa shape index (κ1) is 26.4. The van der Waals surface area contributed by atoms with Gasteiger partial charge in [-0.05, 0) is 45.0 Å². The van der Waals surface area contributed by atoms with Gasteiger partial charge in [-0.1, -0.05) is 11.8 Å². The van der Waals surface area contributed by atoms with E-state index in [1.807, 2.05) is 0 Å². The zero-order valence-corrected chi connectivity index (χ0v) is 20.6. The molecule has 3 atom stereocenters. The molecular formula is C20H23FN5O7PS. The van der Waals surface area contributed by atoms with Crippen molar-refractivity contribution in [1.29, 1.82) is 0 Å². The summed E-state index contributed by atoms with van der Waals surface area (Å²) in [5.41, 5.74) is 6.47. The summed E-state index contributed by atoms with van der Waals surface area (Å²) in [6.07, 6.45) is 0.633. The Hall–Kier alpha value is -3.19. The van der Waals surface area contributed by atoms with Gasteiger partial charge < -0.3 is 24.8 Å². The maximum atomic E-state index is 13.6. The molecule has 0 bridgehead atoms. The first-order valence-electron chi connectivity index (χ1n) is 10.2. The number of anilines is 1. The van der Waals surface area contributed by atoms with Gasteiger partial charge in [0.05, 0.1) is 12.3 Å². The number of aromatic nitrogens is 2. The molecule has 3 N–H and O–H groups in total. The quantitative estimate of drug-likeness (QED) is 0.264. The Morgan fingerprint density at radius 3 is 2.74 bits per heavy atom. The van der Waals surface area contributed by atoms with Gasteiger partial charge in [0.2, 0.25) is 5.88 Å². The highest BCUT2D eigenvalue weighted by molar-refractivity contribution is 8.03. The van der Waals surface area contributed by atoms with Gasteiger partial charge >= 0.3 is 19.8 Å². The van der Waals surface area contributed by atoms with Gasteiger partial charge in [-0.25, -0.2) is 13.8 Å². The SMILES string of the molecule is CC(C)OC(=O)[C@H](C)N/N=[P+](\[O-])Oc1ccc(OC[C@H]2OC(n3cc(F)c(N)nc3=O)=CS2)cc1. The lowest BCUT2D eigenvalue weighted by molar-refractivity contribution is -0.169. The summed E-state index contributed by atoms with van der Waals surface area (Å²) in [5.74, 6) is -0.993. The molecule has 0 saturated carbocycles. The number of nitrogens with one attached hydrogen (secondary N) is 1. The van der Waals surface area contributed by atoms with Crippen LogP contribution in [0.5, 0.6) is 11.5 Å². The maximum absolute atomic E-state index is 13.6. The van der Waals surface area contributed by atoms with Crippen molar-refractivity contribution in [1.82, 2.24) is 15.0 Å². The van der Waals surface area contributed by atoms with E-state index < -0.39 is 42.9 Å². The summed E-state index contributed by atoms with van der Waals surface area (Å²) >= 11 is 1.24. The van der Waals surface area contributed by atoms with E-state index in [0.29, 0.717) is 5.75 Å². The third-order valence-electron chi connectivity index (χ3n) is 4.15. The van der Waals surface area contributed by atoms with E-state index in [9.17, 15) is 18.9 Å². The number of thioether (sulfide) groups is 1. The van der Waals surface area contributed by atoms with Crippen LogP contribution >= 0.6 is 19.9 Å². The van der Waals surface area contributed by atoms with Crippen molar-refractivity contribution in [3.05, 3.63) is 52.2 Å². The molecule has 0 amide bonds. The molecular weight excluding hydrogens is 504 g/mol. The Bertz CT molecular complexity index is 1180. The number of carbonyl (C=O) groups excluding carboxylic acids is 1. The number of ether oxygens (including phenoxy) is 3. The number of esters is 1. The molecule has 0 saturated heterocycles. The van der Waals surface area contributed by atoms with Crippen LogP contribution in [0.2, 0.25) is 0 Å². The number of rotatable bonds is 10. The molecule has 0 radical (unpaired) electrons. The zero-order valence-electron chi connectivity index (χ0n) is 18.9. The molecule has 0 spiro atoms. The van der Waals surface area contributed by atoms with Gasteiger partial charge in [0.25, 0.3) is 0 Å². The number of hydrogen-bond donors (Lipinski definition) is 2. The highest BCUT2D eigenvalue weighted by Gasteiger charge is 2.23. The molecule has 0 aliphatic carbocycles. The topological polar surface area (TPSA) is 162 Å². The minimum Gasteiger partial charge on any atom is -0.574 e. The number of nitrogens with zero attached hydrogens (tertiary/aromatic N) is 3. The van der Waals surface area contributed by atoms with Crippen molar-refractivity contribution in [2.45, 2.75) is 38.4 Å². The number of benzene rings is 1. The van der Waals surface area contributed by atoms with Crippen LogP contribution < -0.4 is 31.0 Å². The molecule has 0 fully saturated rings. The fourth-order valence-corrected chi connectivity index (χ4v) is 3.85. The Kier molecular flexibility index (Phi) is 9.04. The number of nitrogens with two attached hydrogens (primary N) is 1. The Labute approximate surface area is 204 Å². The second-order valence-electron chi connectivity index (χ2n) is 7.31. The fraction of sp³-hybridized carbons (Fsp3) is 0.350. The fourth-order valence-electron chi connectivity index (χ4n) is 2.51. The van der Waals surface area contributed by atoms with Crippen molar-refractivity contribution in [3.8, 4) is 11.5 Å². The average Bonchev–Trinajstić information content (AvgIpc) is 3.27. The van der Waals surface area contributed by atoms with Crippen molar-refractivity contribution < 1.29 is 32.8 Å². The average molecular weight is 527 g/mol. The molecule has 1 aliphatic heterocycles. The van der Waals surface area contributed by atoms with Gasteiger partial charge in [-0.3, -0.25) is 9.32 Å². The van der Waals surface area contributed by atoms with E-state index >= 15 is 0 Å². The summed E-state index contributed by atoms with van der Waals surface area (Å²) in [5, 5.41) is 1.54. The summed E-state index contributed by atoms with van der Waals surface area (Å²) in [7, 11) is -2.48. The summed E-state index contributed by atoms with van der Waals surface area (Å²) in [6, 6.07) is 5.46. The van der Waals surface area contributed by atoms with E-state index in [2.05, 4.69) is 15.3 Å². The highest BCUT2D eigenvalue weighted by Crippen LogP contribution is 2.31. The summed E-state index contributed by atoms with van der Waals surface area (Å²) in [4.78, 5) is 42.6. The molecule has 2 aromatic rings. The zero-order chi connectivity index (χ0) is 25.5. The molecule has 1 aliphatic rings. The largest absolute Gasteiger partial charge is 0.574 e. The maximum Gasteiger partial charge on any atom is 0.412 e. The monoisotopic (exact) mass is 527 g/mol. The Morgan fingerprint density at radius 2 is 2.06 bits per heavy atom. The van der Waals surface area contributed by atoms with Crippen LogP contribution in [-0.2, 0) is 14.3 Å². The number of nitrogen functional groups attached to an aromatic ring is 1. The predicted octanol–water partition coefficient (Wildman–Crippen LogP) is 1.97. The molecule has 35 heavy (non-hydrogen) atoms. The molecule has 188 valence electrons. The van der Waals surface area contributed by atoms with E-state index in [1.165, 1.54) is 30.8 Å². The molecule has 2 heterocycles. The van der Waals surface area contributed by atoms with Crippen molar-refractivity contribution in [2.24, 2.45) is 4.85 Å². The van der Waals surface area contributed by atoms with Crippen molar-refractivity contribution in [2.75, 3.05) is 12.3 Å². The normalized spacial score (nSPS) is 16.5. The van der Waals surface area contributed by atoms with Gasteiger partial charge in [0.1, 0.15) is 18.4 Å². The molecule has 12 nitrogen and oxygen atoms in total. The molecule has 1 unspecified atom stereocenters. The third-order valence-corrected chi connectivity index (χ3v) is 5.67. The first-order valence-corrected chi connectivity index (χ1v) is 12.3. The Balaban J connectivity index is 1.46. The van der Waals surface area contributed by atoms with Crippen LogP contribution in [0.25, 0.3) is 5.88 Å². The van der Waals surface area contributed by atoms with Crippen LogP contribution in [-0.4, -0.2) is 39.7 Å². The van der Waals surface area contributed by atoms with E-state index in [0.717, 1.165) is 10.8 Å². The lowest BCUT2D eigenvalue weighted by Gasteiger charge is -2.14. The van der Waals surface area contributed by atoms with Crippen LogP contribution in [0.4, 0.5) is 10.2 Å². The van der Waals surface area contributed by atoms with Crippen LogP contribution in [0.15, 0.2) is 45.5 Å². The van der Waals surface area contributed by atoms with Crippen LogP contribution in [0.3, 0.4) is 0 Å². The van der Waals surface area contributed by atoms with E-state index in [1.54, 1.807) is 31.4 Å². The van der Waals surface area contributed by atoms with Crippen LogP contribution in [0.1, 0.15) is 20.8 Å². The lowest BCUT2D eigenvalue weighted by Crippen LogP contribution is -2.33.